The Balaban J connectivity index is 1.72. The fourth-order valence-electron chi connectivity index (χ4n) is 3.57. The van der Waals surface area contributed by atoms with Crippen LogP contribution in [0.3, 0.4) is 0 Å². The van der Waals surface area contributed by atoms with Gasteiger partial charge in [-0.3, -0.25) is 10.0 Å². The molecule has 0 spiro atoms. The van der Waals surface area contributed by atoms with Gasteiger partial charge < -0.3 is 0 Å². The van der Waals surface area contributed by atoms with Crippen molar-refractivity contribution in [2.45, 2.75) is 38.1 Å². The van der Waals surface area contributed by atoms with E-state index in [-0.39, 0.29) is 0 Å². The maximum absolute atomic E-state index is 12.5. The minimum absolute atomic E-state index is 0.432. The summed E-state index contributed by atoms with van der Waals surface area (Å²) < 4.78 is 1.70. The average molecular weight is 376 g/mol. The number of hydroxylamine groups is 1. The Kier molecular flexibility index (Phi) is 5.48. The lowest BCUT2D eigenvalue weighted by Gasteiger charge is -2.18. The monoisotopic (exact) mass is 376 g/mol. The summed E-state index contributed by atoms with van der Waals surface area (Å²) in [6.07, 6.45) is 4.85. The number of benzene rings is 2. The molecular weight excluding hydrogens is 352 g/mol. The summed E-state index contributed by atoms with van der Waals surface area (Å²) in [4.78, 5) is 12.5. The molecule has 1 saturated carbocycles. The van der Waals surface area contributed by atoms with E-state index < -0.39 is 11.9 Å². The van der Waals surface area contributed by atoms with Crippen molar-refractivity contribution in [1.82, 2.24) is 20.5 Å². The molecule has 2 N–H and O–H groups in total. The van der Waals surface area contributed by atoms with E-state index in [0.29, 0.717) is 6.42 Å². The van der Waals surface area contributed by atoms with Crippen molar-refractivity contribution < 1.29 is 10.0 Å². The van der Waals surface area contributed by atoms with E-state index in [4.69, 9.17) is 0 Å². The molecule has 1 fully saturated rings. The molecule has 1 aromatic heterocycles. The van der Waals surface area contributed by atoms with Crippen molar-refractivity contribution in [3.63, 3.8) is 0 Å². The first-order chi connectivity index (χ1) is 13.8. The number of carbonyl (C=O) groups excluding carboxylic acids is 1. The number of nitrogens with one attached hydrogen (secondary N) is 1. The van der Waals surface area contributed by atoms with Gasteiger partial charge in [-0.15, -0.1) is 5.10 Å². The Bertz CT molecular complexity index is 920. The van der Waals surface area contributed by atoms with Crippen molar-refractivity contribution in [2.75, 3.05) is 0 Å². The zero-order valence-electron chi connectivity index (χ0n) is 15.7. The Morgan fingerprint density at radius 3 is 2.43 bits per heavy atom. The first-order valence-corrected chi connectivity index (χ1v) is 9.73. The van der Waals surface area contributed by atoms with Crippen molar-refractivity contribution in [3.8, 4) is 11.3 Å². The van der Waals surface area contributed by atoms with Gasteiger partial charge in [-0.2, -0.15) is 0 Å². The average Bonchev–Trinajstić information content (AvgIpc) is 3.49. The number of rotatable bonds is 8. The summed E-state index contributed by atoms with van der Waals surface area (Å²) in [5.41, 5.74) is 5.56. The highest BCUT2D eigenvalue weighted by molar-refractivity contribution is 5.79. The van der Waals surface area contributed by atoms with Crippen LogP contribution in [-0.2, 0) is 17.6 Å². The number of aromatic nitrogens is 3. The molecule has 0 unspecified atom stereocenters. The molecule has 6 heteroatoms. The second-order valence-corrected chi connectivity index (χ2v) is 7.36. The van der Waals surface area contributed by atoms with Crippen LogP contribution in [0.4, 0.5) is 0 Å². The Hall–Kier alpha value is -2.99. The Labute approximate surface area is 164 Å². The molecule has 0 saturated heterocycles. The van der Waals surface area contributed by atoms with Crippen molar-refractivity contribution >= 4 is 5.91 Å². The van der Waals surface area contributed by atoms with Crippen LogP contribution in [-0.4, -0.2) is 26.1 Å². The fourth-order valence-corrected chi connectivity index (χ4v) is 3.57. The highest BCUT2D eigenvalue weighted by atomic mass is 16.5. The molecule has 1 aliphatic carbocycles. The Morgan fingerprint density at radius 1 is 1.11 bits per heavy atom. The van der Waals surface area contributed by atoms with Gasteiger partial charge in [0, 0.05) is 12.0 Å². The van der Waals surface area contributed by atoms with Crippen molar-refractivity contribution in [2.24, 2.45) is 5.92 Å². The minimum atomic E-state index is -0.661. The van der Waals surface area contributed by atoms with Crippen LogP contribution in [0, 0.1) is 5.92 Å². The first-order valence-electron chi connectivity index (χ1n) is 9.73. The lowest BCUT2D eigenvalue weighted by atomic mass is 10.0. The largest absolute Gasteiger partial charge is 0.289 e. The molecule has 6 nitrogen and oxygen atoms in total. The molecule has 28 heavy (non-hydrogen) atoms. The van der Waals surface area contributed by atoms with E-state index in [1.165, 1.54) is 12.8 Å². The molecule has 0 aliphatic heterocycles. The lowest BCUT2D eigenvalue weighted by molar-refractivity contribution is -0.133. The summed E-state index contributed by atoms with van der Waals surface area (Å²) >= 11 is 0. The minimum Gasteiger partial charge on any atom is -0.289 e. The van der Waals surface area contributed by atoms with Gasteiger partial charge in [-0.25, -0.2) is 10.2 Å². The summed E-state index contributed by atoms with van der Waals surface area (Å²) in [5, 5.41) is 18.1. The molecule has 144 valence electrons. The van der Waals surface area contributed by atoms with E-state index in [0.717, 1.165) is 41.3 Å². The number of hydrogen-bond acceptors (Lipinski definition) is 4. The van der Waals surface area contributed by atoms with Crippen molar-refractivity contribution in [1.29, 1.82) is 0 Å². The third-order valence-corrected chi connectivity index (χ3v) is 5.30. The summed E-state index contributed by atoms with van der Waals surface area (Å²) in [7, 11) is 0. The fraction of sp³-hybridized carbons (Fsp3) is 0.318. The molecule has 3 aromatic rings. The van der Waals surface area contributed by atoms with E-state index >= 15 is 0 Å². The normalized spacial score (nSPS) is 14.6. The van der Waals surface area contributed by atoms with Gasteiger partial charge in [0.2, 0.25) is 0 Å². The molecule has 4 rings (SSSR count). The van der Waals surface area contributed by atoms with E-state index in [9.17, 15) is 10.0 Å². The second-order valence-electron chi connectivity index (χ2n) is 7.36. The molecule has 1 heterocycles. The molecule has 0 bridgehead atoms. The summed E-state index contributed by atoms with van der Waals surface area (Å²) in [6.45, 7) is 0. The zero-order chi connectivity index (χ0) is 19.3. The highest BCUT2D eigenvalue weighted by Crippen LogP contribution is 2.35. The number of amides is 1. The summed E-state index contributed by atoms with van der Waals surface area (Å²) in [6, 6.07) is 19.0. The van der Waals surface area contributed by atoms with Gasteiger partial charge in [-0.05, 0) is 24.3 Å². The maximum atomic E-state index is 12.5. The number of hydrogen-bond donors (Lipinski definition) is 2. The van der Waals surface area contributed by atoms with Crippen LogP contribution in [0.25, 0.3) is 11.3 Å². The second kappa shape index (κ2) is 8.35. The topological polar surface area (TPSA) is 80.0 Å². The molecule has 0 radical (unpaired) electrons. The van der Waals surface area contributed by atoms with Gasteiger partial charge in [0.15, 0.2) is 0 Å². The molecule has 2 aromatic carbocycles. The predicted molar refractivity (Wildman–Crippen MR) is 106 cm³/mol. The van der Waals surface area contributed by atoms with Crippen LogP contribution in [0.2, 0.25) is 0 Å². The van der Waals surface area contributed by atoms with Crippen LogP contribution >= 0.6 is 0 Å². The highest BCUT2D eigenvalue weighted by Gasteiger charge is 2.29. The standard InChI is InChI=1S/C22H24N4O2/c27-22(24-28)20(15-17-7-3-1-4-8-17)26-19(14-13-16-11-12-16)21(23-25-26)18-9-5-2-6-10-18/h1-10,16,20,28H,11-15H2,(H,24,27)/t20-/m0/s1. The zero-order valence-corrected chi connectivity index (χ0v) is 15.7. The van der Waals surface area contributed by atoms with Gasteiger partial charge in [0.1, 0.15) is 11.7 Å². The predicted octanol–water partition coefficient (Wildman–Crippen LogP) is 3.58. The first kappa shape index (κ1) is 18.4. The molecule has 1 aliphatic rings. The van der Waals surface area contributed by atoms with E-state index in [2.05, 4.69) is 10.3 Å². The van der Waals surface area contributed by atoms with Gasteiger partial charge in [-0.1, -0.05) is 78.7 Å². The quantitative estimate of drug-likeness (QED) is 0.465. The SMILES string of the molecule is O=C(NO)[C@H](Cc1ccccc1)n1nnc(-c2ccccc2)c1CCC1CC1. The van der Waals surface area contributed by atoms with Gasteiger partial charge >= 0.3 is 0 Å². The van der Waals surface area contributed by atoms with E-state index in [1.54, 1.807) is 4.68 Å². The number of carbonyl (C=O) groups is 1. The van der Waals surface area contributed by atoms with Crippen LogP contribution in [0.15, 0.2) is 60.7 Å². The van der Waals surface area contributed by atoms with Crippen LogP contribution in [0.1, 0.15) is 36.6 Å². The van der Waals surface area contributed by atoms with Crippen LogP contribution in [0.5, 0.6) is 0 Å². The van der Waals surface area contributed by atoms with Gasteiger partial charge in [0.25, 0.3) is 5.91 Å². The number of nitrogens with zero attached hydrogens (tertiary/aromatic N) is 3. The molecular formula is C22H24N4O2. The van der Waals surface area contributed by atoms with Crippen molar-refractivity contribution in [3.05, 3.63) is 71.9 Å². The maximum Gasteiger partial charge on any atom is 0.268 e. The third kappa shape index (κ3) is 4.12. The third-order valence-electron chi connectivity index (χ3n) is 5.30. The van der Waals surface area contributed by atoms with Gasteiger partial charge in [0.05, 0.1) is 5.69 Å². The lowest BCUT2D eigenvalue weighted by Crippen LogP contribution is -2.33. The van der Waals surface area contributed by atoms with Crippen LogP contribution < -0.4 is 5.48 Å². The van der Waals surface area contributed by atoms with E-state index in [1.807, 2.05) is 66.1 Å². The summed E-state index contributed by atoms with van der Waals surface area (Å²) in [5.74, 6) is 0.271. The smallest absolute Gasteiger partial charge is 0.268 e. The molecule has 1 atom stereocenters. The Morgan fingerprint density at radius 2 is 1.79 bits per heavy atom. The molecule has 1 amide bonds.